The Hall–Kier alpha value is -4.91. The van der Waals surface area contributed by atoms with Crippen LogP contribution in [0.25, 0.3) is 20.7 Å². The summed E-state index contributed by atoms with van der Waals surface area (Å²) in [6.45, 7) is 5.23. The van der Waals surface area contributed by atoms with Crippen molar-refractivity contribution in [3.63, 3.8) is 0 Å². The third-order valence-corrected chi connectivity index (χ3v) is 14.3. The van der Waals surface area contributed by atoms with Crippen molar-refractivity contribution in [2.75, 3.05) is 9.80 Å². The number of phenolic OH excluding ortho intramolecular Hbond substituents is 1. The number of aromatic nitrogens is 2. The number of ketones is 1. The third-order valence-electron chi connectivity index (χ3n) is 12.3. The molecule has 4 amide bonds. The van der Waals surface area contributed by atoms with Crippen LogP contribution in [0.15, 0.2) is 82.9 Å². The zero-order valence-electron chi connectivity index (χ0n) is 30.2. The third kappa shape index (κ3) is 5.10. The summed E-state index contributed by atoms with van der Waals surface area (Å²) in [6, 6.07) is 18.9. The summed E-state index contributed by atoms with van der Waals surface area (Å²) in [5, 5.41) is 17.8. The van der Waals surface area contributed by atoms with Crippen molar-refractivity contribution in [2.24, 2.45) is 36.1 Å². The Morgan fingerprint density at radius 2 is 1.71 bits per heavy atom. The van der Waals surface area contributed by atoms with Crippen LogP contribution < -0.4 is 9.80 Å². The molecule has 3 fully saturated rings. The average Bonchev–Trinajstić information content (AvgIpc) is 3.83. The first-order valence-electron chi connectivity index (χ1n) is 18.0. The standard InChI is InChI=1S/C42H34BrClN4O6S/c1-19-27-16-23(44)8-14-33(27)55-37(19)31-18-34(46(4)45-31)48-39(52)30-17-28-25(36(42(30,3)41(48)54)29-15-22(43)7-13-32(29)50)11-12-26-35(28)40(53)47(38(26)51)24-9-5-21(6-10-24)20(2)49/h5-11,13-16,18,26,28,30,35-36,50H,12,17H2,1-4H3/t26-,28+,30-,35-,36+,42+/m0/s1. The van der Waals surface area contributed by atoms with Gasteiger partial charge in [0.15, 0.2) is 5.78 Å². The molecule has 3 aromatic carbocycles. The molecule has 2 aliphatic heterocycles. The number of Topliss-reactive ketones (excluding diaryl/α,β-unsaturated/α-hetero) is 1. The molecule has 5 aromatic rings. The first kappa shape index (κ1) is 35.8. The van der Waals surface area contributed by atoms with Crippen LogP contribution in [-0.2, 0) is 26.2 Å². The van der Waals surface area contributed by atoms with Crippen LogP contribution >= 0.6 is 38.9 Å². The van der Waals surface area contributed by atoms with E-state index in [1.807, 2.05) is 31.2 Å². The number of carbonyl (C=O) groups is 5. The van der Waals surface area contributed by atoms with Crippen LogP contribution in [0.2, 0.25) is 5.02 Å². The minimum Gasteiger partial charge on any atom is -0.508 e. The van der Waals surface area contributed by atoms with Crippen molar-refractivity contribution in [2.45, 2.75) is 39.5 Å². The van der Waals surface area contributed by atoms with Crippen LogP contribution in [0.4, 0.5) is 11.5 Å². The predicted molar refractivity (Wildman–Crippen MR) is 213 cm³/mol. The van der Waals surface area contributed by atoms with Crippen molar-refractivity contribution >= 4 is 89.9 Å². The molecule has 13 heteroatoms. The molecule has 1 saturated carbocycles. The van der Waals surface area contributed by atoms with Crippen molar-refractivity contribution in [1.82, 2.24) is 9.78 Å². The highest BCUT2D eigenvalue weighted by atomic mass is 79.9. The molecule has 6 atom stereocenters. The lowest BCUT2D eigenvalue weighted by Crippen LogP contribution is -2.49. The molecule has 4 aliphatic rings. The van der Waals surface area contributed by atoms with Gasteiger partial charge in [-0.2, -0.15) is 5.10 Å². The molecule has 2 saturated heterocycles. The second-order valence-electron chi connectivity index (χ2n) is 15.2. The number of aromatic hydroxyl groups is 1. The van der Waals surface area contributed by atoms with Crippen LogP contribution in [0, 0.1) is 36.0 Å². The first-order chi connectivity index (χ1) is 26.2. The van der Waals surface area contributed by atoms with E-state index < -0.39 is 46.8 Å². The monoisotopic (exact) mass is 836 g/mol. The number of aryl methyl sites for hydroxylation is 2. The van der Waals surface area contributed by atoms with Crippen molar-refractivity contribution in [1.29, 1.82) is 0 Å². The minimum atomic E-state index is -1.35. The Morgan fingerprint density at radius 3 is 2.44 bits per heavy atom. The molecule has 0 spiro atoms. The molecule has 278 valence electrons. The number of anilines is 2. The van der Waals surface area contributed by atoms with Gasteiger partial charge in [-0.3, -0.25) is 33.6 Å². The average molecular weight is 838 g/mol. The van der Waals surface area contributed by atoms with Gasteiger partial charge in [0.2, 0.25) is 23.6 Å². The van der Waals surface area contributed by atoms with Gasteiger partial charge in [0.1, 0.15) is 17.3 Å². The number of imide groups is 2. The number of benzene rings is 3. The normalized spacial score (nSPS) is 26.1. The summed E-state index contributed by atoms with van der Waals surface area (Å²) >= 11 is 11.4. The van der Waals surface area contributed by atoms with Crippen molar-refractivity contribution in [3.8, 4) is 16.3 Å². The lowest BCUT2D eigenvalue weighted by Gasteiger charge is -2.49. The van der Waals surface area contributed by atoms with Gasteiger partial charge >= 0.3 is 0 Å². The van der Waals surface area contributed by atoms with Crippen molar-refractivity contribution in [3.05, 3.63) is 105 Å². The highest BCUT2D eigenvalue weighted by Gasteiger charge is 2.68. The van der Waals surface area contributed by atoms with E-state index in [1.54, 1.807) is 78.5 Å². The number of hydrogen-bond donors (Lipinski definition) is 1. The number of amides is 4. The Morgan fingerprint density at radius 1 is 0.964 bits per heavy atom. The van der Waals surface area contributed by atoms with Gasteiger partial charge < -0.3 is 5.11 Å². The zero-order valence-corrected chi connectivity index (χ0v) is 33.3. The summed E-state index contributed by atoms with van der Waals surface area (Å²) in [4.78, 5) is 73.7. The molecule has 0 bridgehead atoms. The molecule has 9 rings (SSSR count). The molecule has 0 radical (unpaired) electrons. The SMILES string of the molecule is CC(=O)c1ccc(N2C(=O)[C@H]3[C@H](CC=C4[C@H]3C[C@H]3C(=O)N(c5cc(-c6sc7ccc(Cl)cc7c6C)nn5C)C(=O)[C@@]3(C)[C@H]4c3cc(Br)ccc3O)C2=O)cc1. The quantitative estimate of drug-likeness (QED) is 0.107. The molecular weight excluding hydrogens is 804 g/mol. The maximum Gasteiger partial charge on any atom is 0.242 e. The van der Waals surface area contributed by atoms with Crippen LogP contribution in [0.5, 0.6) is 5.75 Å². The summed E-state index contributed by atoms with van der Waals surface area (Å²) in [6.07, 6.45) is 2.36. The highest BCUT2D eigenvalue weighted by molar-refractivity contribution is 9.10. The molecule has 10 nitrogen and oxygen atoms in total. The van der Waals surface area contributed by atoms with Gasteiger partial charge in [-0.25, -0.2) is 4.90 Å². The minimum absolute atomic E-state index is 0.0419. The van der Waals surface area contributed by atoms with E-state index in [9.17, 15) is 24.3 Å². The van der Waals surface area contributed by atoms with E-state index in [-0.39, 0.29) is 36.2 Å². The Bertz CT molecular complexity index is 2600. The van der Waals surface area contributed by atoms with E-state index in [0.717, 1.165) is 26.1 Å². The van der Waals surface area contributed by atoms with E-state index in [4.69, 9.17) is 16.7 Å². The van der Waals surface area contributed by atoms with E-state index in [2.05, 4.69) is 15.9 Å². The number of rotatable bonds is 5. The summed E-state index contributed by atoms with van der Waals surface area (Å²) in [5.74, 6) is -5.12. The molecule has 1 N–H and O–H groups in total. The van der Waals surface area contributed by atoms with Gasteiger partial charge in [0, 0.05) is 44.4 Å². The van der Waals surface area contributed by atoms with Gasteiger partial charge in [-0.15, -0.1) is 11.3 Å². The molecule has 0 unspecified atom stereocenters. The maximum atomic E-state index is 15.1. The maximum absolute atomic E-state index is 15.1. The predicted octanol–water partition coefficient (Wildman–Crippen LogP) is 8.37. The fraction of sp³-hybridized carbons (Fsp3) is 0.286. The smallest absolute Gasteiger partial charge is 0.242 e. The molecular formula is C42H34BrClN4O6S. The van der Waals surface area contributed by atoms with Crippen LogP contribution in [0.3, 0.4) is 0 Å². The Kier molecular flexibility index (Phi) is 8.17. The second-order valence-corrected chi connectivity index (χ2v) is 17.6. The van der Waals surface area contributed by atoms with E-state index in [1.165, 1.54) is 16.7 Å². The van der Waals surface area contributed by atoms with Crippen molar-refractivity contribution < 1.29 is 29.1 Å². The number of phenols is 1. The number of halogens is 2. The largest absolute Gasteiger partial charge is 0.508 e. The fourth-order valence-corrected chi connectivity index (χ4v) is 11.3. The number of hydrogen-bond acceptors (Lipinski definition) is 8. The Labute approximate surface area is 333 Å². The molecule has 2 aromatic heterocycles. The molecule has 2 aliphatic carbocycles. The lowest BCUT2D eigenvalue weighted by molar-refractivity contribution is -0.131. The second kappa shape index (κ2) is 12.6. The fourth-order valence-electron chi connectivity index (χ4n) is 9.65. The summed E-state index contributed by atoms with van der Waals surface area (Å²) < 4.78 is 3.26. The van der Waals surface area contributed by atoms with Gasteiger partial charge in [0.25, 0.3) is 0 Å². The number of allylic oxidation sites excluding steroid dienone is 2. The van der Waals surface area contributed by atoms with Crippen LogP contribution in [0.1, 0.15) is 54.1 Å². The highest BCUT2D eigenvalue weighted by Crippen LogP contribution is 2.64. The number of nitrogens with zero attached hydrogens (tertiary/aromatic N) is 4. The number of carbonyl (C=O) groups excluding carboxylic acids is 5. The van der Waals surface area contributed by atoms with E-state index in [0.29, 0.717) is 37.8 Å². The number of fused-ring (bicyclic) bond motifs is 5. The van der Waals surface area contributed by atoms with Gasteiger partial charge in [-0.1, -0.05) is 39.2 Å². The molecule has 55 heavy (non-hydrogen) atoms. The summed E-state index contributed by atoms with van der Waals surface area (Å²) in [7, 11) is 1.70. The van der Waals surface area contributed by atoms with Gasteiger partial charge in [0.05, 0.1) is 33.7 Å². The van der Waals surface area contributed by atoms with E-state index >= 15 is 4.79 Å². The topological polar surface area (TPSA) is 130 Å². The van der Waals surface area contributed by atoms with Crippen LogP contribution in [-0.4, -0.2) is 44.3 Å². The molecule has 4 heterocycles. The zero-order chi connectivity index (χ0) is 38.8. The van der Waals surface area contributed by atoms with Gasteiger partial charge in [-0.05, 0) is 111 Å². The first-order valence-corrected chi connectivity index (χ1v) is 20.0. The number of thiophene rings is 1. The Balaban J connectivity index is 1.14. The lowest BCUT2D eigenvalue weighted by atomic mass is 9.51. The summed E-state index contributed by atoms with van der Waals surface area (Å²) in [5.41, 5.74) is 2.30.